The lowest BCUT2D eigenvalue weighted by molar-refractivity contribution is 0.711. The molecule has 80 valence electrons. The summed E-state index contributed by atoms with van der Waals surface area (Å²) in [5.41, 5.74) is 1.21. The zero-order chi connectivity index (χ0) is 10.3. The molecule has 3 rings (SSSR count). The molecule has 1 N–H and O–H groups in total. The van der Waals surface area contributed by atoms with Crippen molar-refractivity contribution in [2.75, 3.05) is 13.1 Å². The zero-order valence-electron chi connectivity index (χ0n) is 8.54. The van der Waals surface area contributed by atoms with Gasteiger partial charge in [-0.25, -0.2) is 9.97 Å². The number of aromatic nitrogens is 2. The molecule has 0 radical (unpaired) electrons. The Morgan fingerprint density at radius 3 is 2.80 bits per heavy atom. The average molecular weight is 268 g/mol. The maximum absolute atomic E-state index is 4.72. The van der Waals surface area contributed by atoms with Gasteiger partial charge in [-0.15, -0.1) is 0 Å². The maximum Gasteiger partial charge on any atom is 0.131 e. The summed E-state index contributed by atoms with van der Waals surface area (Å²) in [6.07, 6.45) is 5.65. The number of hydrogen-bond acceptors (Lipinski definition) is 3. The summed E-state index contributed by atoms with van der Waals surface area (Å²) in [4.78, 5) is 9.11. The molecule has 1 aliphatic heterocycles. The van der Waals surface area contributed by atoms with Gasteiger partial charge in [0.05, 0.1) is 10.2 Å². The molecule has 0 aromatic carbocycles. The van der Waals surface area contributed by atoms with E-state index in [1.807, 2.05) is 6.20 Å². The minimum Gasteiger partial charge on any atom is -0.316 e. The standard InChI is InChI=1S/C11H14BrN3/c12-9-6-14-11(7-1-2-7)15-10(9)8-3-4-13-5-8/h6-8,13H,1-5H2. The zero-order valence-corrected chi connectivity index (χ0v) is 10.1. The van der Waals surface area contributed by atoms with E-state index < -0.39 is 0 Å². The second-order valence-electron chi connectivity index (χ2n) is 4.43. The Morgan fingerprint density at radius 1 is 1.27 bits per heavy atom. The average Bonchev–Trinajstić information content (AvgIpc) is 2.95. The lowest BCUT2D eigenvalue weighted by Crippen LogP contribution is -2.10. The first-order chi connectivity index (χ1) is 7.34. The Morgan fingerprint density at radius 2 is 2.13 bits per heavy atom. The molecule has 15 heavy (non-hydrogen) atoms. The van der Waals surface area contributed by atoms with Crippen molar-refractivity contribution >= 4 is 15.9 Å². The molecule has 2 fully saturated rings. The van der Waals surface area contributed by atoms with Gasteiger partial charge < -0.3 is 5.32 Å². The second-order valence-corrected chi connectivity index (χ2v) is 5.28. The largest absolute Gasteiger partial charge is 0.316 e. The van der Waals surface area contributed by atoms with E-state index in [-0.39, 0.29) is 0 Å². The minimum atomic E-state index is 0.569. The Kier molecular flexibility index (Phi) is 2.48. The van der Waals surface area contributed by atoms with Crippen LogP contribution in [0.2, 0.25) is 0 Å². The van der Waals surface area contributed by atoms with Crippen LogP contribution in [-0.4, -0.2) is 23.1 Å². The van der Waals surface area contributed by atoms with E-state index in [9.17, 15) is 0 Å². The van der Waals surface area contributed by atoms with E-state index in [1.54, 1.807) is 0 Å². The highest BCUT2D eigenvalue weighted by atomic mass is 79.9. The van der Waals surface area contributed by atoms with Crippen LogP contribution < -0.4 is 5.32 Å². The van der Waals surface area contributed by atoms with Gasteiger partial charge in [0.15, 0.2) is 0 Å². The number of nitrogens with one attached hydrogen (secondary N) is 1. The Hall–Kier alpha value is -0.480. The summed E-state index contributed by atoms with van der Waals surface area (Å²) in [6, 6.07) is 0. The van der Waals surface area contributed by atoms with Crippen molar-refractivity contribution in [3.8, 4) is 0 Å². The lowest BCUT2D eigenvalue weighted by Gasteiger charge is -2.10. The summed E-state index contributed by atoms with van der Waals surface area (Å²) in [6.45, 7) is 2.17. The minimum absolute atomic E-state index is 0.569. The van der Waals surface area contributed by atoms with E-state index in [4.69, 9.17) is 4.98 Å². The summed E-state index contributed by atoms with van der Waals surface area (Å²) in [7, 11) is 0. The van der Waals surface area contributed by atoms with Crippen molar-refractivity contribution in [1.82, 2.24) is 15.3 Å². The molecule has 1 aromatic heterocycles. The smallest absolute Gasteiger partial charge is 0.131 e. The molecule has 0 bridgehead atoms. The third-order valence-electron chi connectivity index (χ3n) is 3.18. The highest BCUT2D eigenvalue weighted by molar-refractivity contribution is 9.10. The molecule has 1 unspecified atom stereocenters. The molecule has 0 spiro atoms. The maximum atomic E-state index is 4.72. The van der Waals surface area contributed by atoms with Crippen LogP contribution in [0.4, 0.5) is 0 Å². The number of rotatable bonds is 2. The summed E-state index contributed by atoms with van der Waals surface area (Å²) < 4.78 is 1.07. The molecule has 1 saturated carbocycles. The van der Waals surface area contributed by atoms with Crippen molar-refractivity contribution in [3.05, 3.63) is 22.2 Å². The fraction of sp³-hybridized carbons (Fsp3) is 0.636. The van der Waals surface area contributed by atoms with Gasteiger partial charge in [-0.2, -0.15) is 0 Å². The van der Waals surface area contributed by atoms with Gasteiger partial charge in [0, 0.05) is 24.6 Å². The van der Waals surface area contributed by atoms with Gasteiger partial charge in [-0.3, -0.25) is 0 Å². The van der Waals surface area contributed by atoms with Crippen LogP contribution >= 0.6 is 15.9 Å². The monoisotopic (exact) mass is 267 g/mol. The van der Waals surface area contributed by atoms with E-state index in [0.717, 1.165) is 23.4 Å². The molecule has 4 heteroatoms. The first-order valence-electron chi connectivity index (χ1n) is 5.57. The van der Waals surface area contributed by atoms with E-state index >= 15 is 0 Å². The first-order valence-corrected chi connectivity index (χ1v) is 6.37. The van der Waals surface area contributed by atoms with E-state index in [2.05, 4.69) is 26.2 Å². The molecular formula is C11H14BrN3. The van der Waals surface area contributed by atoms with Crippen LogP contribution in [0, 0.1) is 0 Å². The molecule has 0 amide bonds. The molecule has 2 aliphatic rings. The second kappa shape index (κ2) is 3.83. The molecule has 1 aliphatic carbocycles. The van der Waals surface area contributed by atoms with Gasteiger partial charge in [-0.1, -0.05) is 0 Å². The van der Waals surface area contributed by atoms with E-state index in [1.165, 1.54) is 25.0 Å². The van der Waals surface area contributed by atoms with E-state index in [0.29, 0.717) is 11.8 Å². The van der Waals surface area contributed by atoms with Crippen molar-refractivity contribution in [2.45, 2.75) is 31.1 Å². The van der Waals surface area contributed by atoms with Crippen molar-refractivity contribution in [2.24, 2.45) is 0 Å². The Labute approximate surface area is 97.8 Å². The van der Waals surface area contributed by atoms with Gasteiger partial charge in [0.2, 0.25) is 0 Å². The van der Waals surface area contributed by atoms with Gasteiger partial charge in [0.25, 0.3) is 0 Å². The van der Waals surface area contributed by atoms with Crippen LogP contribution in [-0.2, 0) is 0 Å². The van der Waals surface area contributed by atoms with Crippen LogP contribution in [0.25, 0.3) is 0 Å². The van der Waals surface area contributed by atoms with Crippen molar-refractivity contribution in [3.63, 3.8) is 0 Å². The van der Waals surface area contributed by atoms with Crippen LogP contribution in [0.5, 0.6) is 0 Å². The van der Waals surface area contributed by atoms with Gasteiger partial charge in [0.1, 0.15) is 5.82 Å². The Balaban J connectivity index is 1.93. The van der Waals surface area contributed by atoms with Crippen LogP contribution in [0.1, 0.15) is 42.6 Å². The third-order valence-corrected chi connectivity index (χ3v) is 3.79. The highest BCUT2D eigenvalue weighted by Gasteiger charge is 2.28. The third kappa shape index (κ3) is 1.93. The quantitative estimate of drug-likeness (QED) is 0.893. The molecule has 2 heterocycles. The summed E-state index contributed by atoms with van der Waals surface area (Å²) in [5.74, 6) is 2.27. The molecule has 1 atom stereocenters. The lowest BCUT2D eigenvalue weighted by atomic mass is 10.0. The summed E-state index contributed by atoms with van der Waals surface area (Å²) in [5, 5.41) is 3.38. The summed E-state index contributed by atoms with van der Waals surface area (Å²) >= 11 is 3.56. The Bertz CT molecular complexity index is 370. The number of nitrogens with zero attached hydrogens (tertiary/aromatic N) is 2. The fourth-order valence-electron chi connectivity index (χ4n) is 2.11. The molecular weight excluding hydrogens is 254 g/mol. The van der Waals surface area contributed by atoms with Crippen molar-refractivity contribution < 1.29 is 0 Å². The fourth-order valence-corrected chi connectivity index (χ4v) is 2.62. The van der Waals surface area contributed by atoms with Gasteiger partial charge >= 0.3 is 0 Å². The van der Waals surface area contributed by atoms with Gasteiger partial charge in [-0.05, 0) is 41.7 Å². The number of hydrogen-bond donors (Lipinski definition) is 1. The van der Waals surface area contributed by atoms with Crippen LogP contribution in [0.3, 0.4) is 0 Å². The predicted molar refractivity (Wildman–Crippen MR) is 61.9 cm³/mol. The first kappa shape index (κ1) is 9.73. The SMILES string of the molecule is Brc1cnc(C2CC2)nc1C1CCNC1. The van der Waals surface area contributed by atoms with Crippen LogP contribution in [0.15, 0.2) is 10.7 Å². The molecule has 1 saturated heterocycles. The highest BCUT2D eigenvalue weighted by Crippen LogP contribution is 2.39. The predicted octanol–water partition coefficient (Wildman–Crippen LogP) is 2.19. The van der Waals surface area contributed by atoms with Crippen molar-refractivity contribution in [1.29, 1.82) is 0 Å². The number of halogens is 1. The molecule has 3 nitrogen and oxygen atoms in total. The normalized spacial score (nSPS) is 25.8. The molecule has 1 aromatic rings. The topological polar surface area (TPSA) is 37.8 Å².